The van der Waals surface area contributed by atoms with Crippen molar-refractivity contribution in [2.24, 2.45) is 0 Å². The molecular weight excluding hydrogens is 314 g/mol. The van der Waals surface area contributed by atoms with Crippen LogP contribution in [0.4, 0.5) is 17.1 Å². The van der Waals surface area contributed by atoms with E-state index in [0.29, 0.717) is 0 Å². The number of hydrogen-bond donors (Lipinski definition) is 1. The molecule has 3 aromatic rings. The molecule has 4 heterocycles. The highest BCUT2D eigenvalue weighted by Crippen LogP contribution is 2.37. The lowest BCUT2D eigenvalue weighted by Crippen LogP contribution is -2.36. The summed E-state index contributed by atoms with van der Waals surface area (Å²) in [4.78, 5) is 9.23. The van der Waals surface area contributed by atoms with Crippen LogP contribution in [0.25, 0.3) is 17.0 Å². The monoisotopic (exact) mass is 333 g/mol. The maximum absolute atomic E-state index is 5.44. The molecule has 1 N–H and O–H groups in total. The van der Waals surface area contributed by atoms with Crippen LogP contribution in [0.2, 0.25) is 0 Å². The Morgan fingerprint density at radius 3 is 2.64 bits per heavy atom. The predicted octanol–water partition coefficient (Wildman–Crippen LogP) is 2.96. The minimum Gasteiger partial charge on any atom is -0.378 e. The molecule has 0 spiro atoms. The molecule has 1 fully saturated rings. The molecule has 1 aromatic carbocycles. The Labute approximate surface area is 145 Å². The van der Waals surface area contributed by atoms with Gasteiger partial charge in [0.2, 0.25) is 0 Å². The Hall–Kier alpha value is -2.86. The van der Waals surface area contributed by atoms with Crippen LogP contribution in [0.3, 0.4) is 0 Å². The van der Waals surface area contributed by atoms with Crippen molar-refractivity contribution in [3.05, 3.63) is 48.4 Å². The van der Waals surface area contributed by atoms with E-state index in [1.165, 1.54) is 5.69 Å². The van der Waals surface area contributed by atoms with Crippen LogP contribution in [0.1, 0.15) is 5.69 Å². The molecule has 2 aliphatic heterocycles. The Bertz CT molecular complexity index is 925. The summed E-state index contributed by atoms with van der Waals surface area (Å²) in [5, 5.41) is 8.29. The zero-order valence-electron chi connectivity index (χ0n) is 13.9. The number of benzene rings is 1. The first-order valence-corrected chi connectivity index (χ1v) is 8.59. The highest BCUT2D eigenvalue weighted by molar-refractivity contribution is 5.97. The fourth-order valence-corrected chi connectivity index (χ4v) is 3.58. The van der Waals surface area contributed by atoms with Gasteiger partial charge in [-0.05, 0) is 30.3 Å². The Kier molecular flexibility index (Phi) is 3.41. The molecule has 2 aliphatic rings. The standard InChI is InChI=1S/C19H19N5O/c1-2-17-19(16-12-21-22-18(16)13-20-17)24(7-1)15-5-3-14(4-6-15)23-8-10-25-11-9-23/h1-6,12-13H,7-11H2,(H,21,22). The van der Waals surface area contributed by atoms with E-state index in [1.54, 1.807) is 0 Å². The Morgan fingerprint density at radius 1 is 1.00 bits per heavy atom. The number of fused-ring (bicyclic) bond motifs is 3. The molecule has 0 atom stereocenters. The minimum absolute atomic E-state index is 0.802. The zero-order valence-corrected chi connectivity index (χ0v) is 13.9. The molecule has 0 radical (unpaired) electrons. The average molecular weight is 333 g/mol. The van der Waals surface area contributed by atoms with Gasteiger partial charge in [-0.15, -0.1) is 0 Å². The van der Waals surface area contributed by atoms with Gasteiger partial charge in [0.1, 0.15) is 0 Å². The van der Waals surface area contributed by atoms with E-state index in [1.807, 2.05) is 12.4 Å². The molecule has 0 aliphatic carbocycles. The van der Waals surface area contributed by atoms with Crippen molar-refractivity contribution in [1.82, 2.24) is 15.2 Å². The van der Waals surface area contributed by atoms with Crippen molar-refractivity contribution < 1.29 is 4.74 Å². The van der Waals surface area contributed by atoms with Gasteiger partial charge in [-0.2, -0.15) is 5.10 Å². The van der Waals surface area contributed by atoms with Gasteiger partial charge in [0.15, 0.2) is 0 Å². The fourth-order valence-electron chi connectivity index (χ4n) is 3.58. The molecule has 25 heavy (non-hydrogen) atoms. The quantitative estimate of drug-likeness (QED) is 0.781. The minimum atomic E-state index is 0.802. The van der Waals surface area contributed by atoms with Gasteiger partial charge >= 0.3 is 0 Å². The van der Waals surface area contributed by atoms with Gasteiger partial charge in [0, 0.05) is 36.4 Å². The third-order valence-electron chi connectivity index (χ3n) is 4.87. The fraction of sp³-hybridized carbons (Fsp3) is 0.263. The van der Waals surface area contributed by atoms with Crippen LogP contribution < -0.4 is 9.80 Å². The Balaban J connectivity index is 1.52. The summed E-state index contributed by atoms with van der Waals surface area (Å²) in [7, 11) is 0. The molecule has 6 nitrogen and oxygen atoms in total. The number of nitrogens with one attached hydrogen (secondary N) is 1. The van der Waals surface area contributed by atoms with Gasteiger partial charge < -0.3 is 14.5 Å². The largest absolute Gasteiger partial charge is 0.378 e. The molecule has 1 saturated heterocycles. The topological polar surface area (TPSA) is 57.3 Å². The summed E-state index contributed by atoms with van der Waals surface area (Å²) < 4.78 is 5.44. The van der Waals surface area contributed by atoms with E-state index in [2.05, 4.69) is 61.4 Å². The summed E-state index contributed by atoms with van der Waals surface area (Å²) in [6, 6.07) is 8.77. The zero-order chi connectivity index (χ0) is 16.6. The second kappa shape index (κ2) is 5.89. The molecule has 5 rings (SSSR count). The summed E-state index contributed by atoms with van der Waals surface area (Å²) in [5.41, 5.74) is 5.48. The van der Waals surface area contributed by atoms with Gasteiger partial charge in [0.05, 0.1) is 42.5 Å². The summed E-state index contributed by atoms with van der Waals surface area (Å²) in [5.74, 6) is 0. The van der Waals surface area contributed by atoms with Crippen LogP contribution in [0, 0.1) is 0 Å². The van der Waals surface area contributed by atoms with E-state index < -0.39 is 0 Å². The molecule has 0 unspecified atom stereocenters. The second-order valence-electron chi connectivity index (χ2n) is 6.32. The van der Waals surface area contributed by atoms with Crippen LogP contribution >= 0.6 is 0 Å². The third-order valence-corrected chi connectivity index (χ3v) is 4.87. The van der Waals surface area contributed by atoms with Gasteiger partial charge in [0.25, 0.3) is 0 Å². The molecule has 0 amide bonds. The molecule has 6 heteroatoms. The molecule has 0 bridgehead atoms. The predicted molar refractivity (Wildman–Crippen MR) is 99.4 cm³/mol. The molecular formula is C19H19N5O. The van der Waals surface area contributed by atoms with Crippen molar-refractivity contribution in [2.75, 3.05) is 42.6 Å². The van der Waals surface area contributed by atoms with Gasteiger partial charge in [-0.3, -0.25) is 10.1 Å². The normalized spacial score (nSPS) is 17.1. The van der Waals surface area contributed by atoms with Crippen molar-refractivity contribution in [3.8, 4) is 0 Å². The highest BCUT2D eigenvalue weighted by atomic mass is 16.5. The first-order chi connectivity index (χ1) is 12.4. The lowest BCUT2D eigenvalue weighted by molar-refractivity contribution is 0.122. The number of pyridine rings is 1. The summed E-state index contributed by atoms with van der Waals surface area (Å²) >= 11 is 0. The molecule has 2 aromatic heterocycles. The number of H-pyrrole nitrogens is 1. The van der Waals surface area contributed by atoms with Gasteiger partial charge in [-0.25, -0.2) is 0 Å². The lowest BCUT2D eigenvalue weighted by atomic mass is 10.1. The number of aromatic nitrogens is 3. The summed E-state index contributed by atoms with van der Waals surface area (Å²) in [6.45, 7) is 4.34. The van der Waals surface area contributed by atoms with Crippen molar-refractivity contribution in [2.45, 2.75) is 0 Å². The average Bonchev–Trinajstić information content (AvgIpc) is 3.17. The first-order valence-electron chi connectivity index (χ1n) is 8.59. The SMILES string of the molecule is C1=Cc2ncc3[nH]ncc3c2N(c2ccc(N3CCOCC3)cc2)C1. The van der Waals surface area contributed by atoms with E-state index in [0.717, 1.165) is 60.8 Å². The van der Waals surface area contributed by atoms with Gasteiger partial charge in [-0.1, -0.05) is 6.08 Å². The number of morpholine rings is 1. The number of rotatable bonds is 2. The van der Waals surface area contributed by atoms with Crippen LogP contribution in [0.15, 0.2) is 42.7 Å². The van der Waals surface area contributed by atoms with E-state index in [4.69, 9.17) is 4.74 Å². The second-order valence-corrected chi connectivity index (χ2v) is 6.32. The van der Waals surface area contributed by atoms with Crippen LogP contribution in [0.5, 0.6) is 0 Å². The van der Waals surface area contributed by atoms with Crippen molar-refractivity contribution in [3.63, 3.8) is 0 Å². The van der Waals surface area contributed by atoms with Crippen molar-refractivity contribution in [1.29, 1.82) is 0 Å². The maximum Gasteiger partial charge on any atom is 0.0872 e. The number of hydrogen-bond acceptors (Lipinski definition) is 5. The van der Waals surface area contributed by atoms with Crippen molar-refractivity contribution >= 4 is 34.0 Å². The molecule has 0 saturated carbocycles. The summed E-state index contributed by atoms with van der Waals surface area (Å²) in [6.07, 6.45) is 7.96. The number of ether oxygens (including phenoxy) is 1. The van der Waals surface area contributed by atoms with E-state index in [-0.39, 0.29) is 0 Å². The van der Waals surface area contributed by atoms with Crippen LogP contribution in [-0.4, -0.2) is 48.0 Å². The van der Waals surface area contributed by atoms with E-state index in [9.17, 15) is 0 Å². The highest BCUT2D eigenvalue weighted by Gasteiger charge is 2.20. The first kappa shape index (κ1) is 14.5. The molecule has 126 valence electrons. The lowest BCUT2D eigenvalue weighted by Gasteiger charge is -2.31. The third kappa shape index (κ3) is 2.46. The maximum atomic E-state index is 5.44. The number of aromatic amines is 1. The number of nitrogens with zero attached hydrogens (tertiary/aromatic N) is 4. The number of anilines is 3. The van der Waals surface area contributed by atoms with E-state index >= 15 is 0 Å². The Morgan fingerprint density at radius 2 is 1.80 bits per heavy atom. The van der Waals surface area contributed by atoms with Crippen LogP contribution in [-0.2, 0) is 4.74 Å². The smallest absolute Gasteiger partial charge is 0.0872 e.